The highest BCUT2D eigenvalue weighted by Crippen LogP contribution is 1.68. The zero-order valence-electron chi connectivity index (χ0n) is 6.15. The maximum absolute atomic E-state index is 4.90. The lowest BCUT2D eigenvalue weighted by molar-refractivity contribution is 0.976. The maximum Gasteiger partial charge on any atom is 0.251 e. The molecule has 0 saturated carbocycles. The van der Waals surface area contributed by atoms with Crippen LogP contribution in [0, 0.1) is 0 Å². The molecule has 8 heavy (non-hydrogen) atoms. The van der Waals surface area contributed by atoms with Crippen LogP contribution in [0.2, 0.25) is 17.4 Å². The largest absolute Gasteiger partial charge is 0.329 e. The van der Waals surface area contributed by atoms with Crippen molar-refractivity contribution in [3.05, 3.63) is 0 Å². The van der Waals surface area contributed by atoms with Crippen molar-refractivity contribution >= 4 is 14.1 Å². The van der Waals surface area contributed by atoms with Crippen molar-refractivity contribution in [2.24, 2.45) is 11.5 Å². The van der Waals surface area contributed by atoms with Crippen molar-refractivity contribution in [3.8, 4) is 0 Å². The van der Waals surface area contributed by atoms with Crippen molar-refractivity contribution in [2.75, 3.05) is 13.1 Å². The van der Waals surface area contributed by atoms with Gasteiger partial charge in [-0.05, 0) is 0 Å². The Labute approximate surface area is 56.6 Å². The highest BCUT2D eigenvalue weighted by atomic mass is 27.2. The van der Waals surface area contributed by atoms with Crippen LogP contribution in [0.4, 0.5) is 0 Å². The summed E-state index contributed by atoms with van der Waals surface area (Å²) in [6.45, 7) is 1.19. The Kier molecular flexibility index (Phi) is 14.7. The summed E-state index contributed by atoms with van der Waals surface area (Å²) in [5.74, 6) is 6.92. The molecule has 0 bridgehead atoms. The molecule has 0 aromatic rings. The van der Waals surface area contributed by atoms with Gasteiger partial charge >= 0.3 is 0 Å². The molecule has 0 saturated heterocycles. The summed E-state index contributed by atoms with van der Waals surface area (Å²) in [6.07, 6.45) is 0. The lowest BCUT2D eigenvalue weighted by atomic mass is 10.7. The lowest BCUT2D eigenvalue weighted by Gasteiger charge is -1.72. The van der Waals surface area contributed by atoms with Crippen molar-refractivity contribution in [1.29, 1.82) is 0 Å². The fourth-order valence-corrected chi connectivity index (χ4v) is 0. The summed E-state index contributed by atoms with van der Waals surface area (Å²) in [4.78, 5) is 0. The molecule has 0 rings (SSSR count). The number of hydrogen-bond donors (Lipinski definition) is 2. The first-order valence-corrected chi connectivity index (χ1v) is 6.51. The molecule has 0 spiro atoms. The predicted octanol–water partition coefficient (Wildman–Crippen LogP) is 0.274. The van der Waals surface area contributed by atoms with E-state index in [2.05, 4.69) is 17.4 Å². The van der Waals surface area contributed by atoms with E-state index >= 15 is 0 Å². The van der Waals surface area contributed by atoms with Crippen molar-refractivity contribution in [3.63, 3.8) is 0 Å². The fraction of sp³-hybridized carbons (Fsp3) is 1.00. The van der Waals surface area contributed by atoms with Gasteiger partial charge in [0.25, 0.3) is 14.1 Å². The van der Waals surface area contributed by atoms with Crippen LogP contribution in [0.3, 0.4) is 0 Å². The second-order valence-electron chi connectivity index (χ2n) is 2.31. The predicted molar refractivity (Wildman–Crippen MR) is 41.5 cm³/mol. The minimum absolute atomic E-state index is 0.139. The second kappa shape index (κ2) is 10.4. The Morgan fingerprint density at radius 3 is 1.12 bits per heavy atom. The summed E-state index contributed by atoms with van der Waals surface area (Å²) in [6, 6.07) is 0. The summed E-state index contributed by atoms with van der Waals surface area (Å²) in [5.41, 5.74) is 9.81. The van der Waals surface area contributed by atoms with Gasteiger partial charge in [-0.1, -0.05) is 0 Å². The number of nitrogens with two attached hydrogens (primary N) is 2. The molecule has 0 aromatic heterocycles. The fourth-order valence-electron chi connectivity index (χ4n) is 0. The van der Waals surface area contributed by atoms with Gasteiger partial charge in [0.15, 0.2) is 0 Å². The van der Waals surface area contributed by atoms with Gasteiger partial charge in [-0.2, -0.15) is 0 Å². The molecule has 50 valence electrons. The molecule has 2 nitrogen and oxygen atoms in total. The molecule has 4 N–H and O–H groups in total. The first kappa shape index (κ1) is 11.3. The van der Waals surface area contributed by atoms with E-state index < -0.39 is 0 Å². The molecule has 3 heteroatoms. The highest BCUT2D eigenvalue weighted by molar-refractivity contribution is 6.54. The van der Waals surface area contributed by atoms with Crippen LogP contribution < -0.4 is 11.5 Å². The van der Waals surface area contributed by atoms with E-state index in [1.165, 1.54) is 0 Å². The minimum atomic E-state index is -0.139. The first-order chi connectivity index (χ1) is 3.65. The smallest absolute Gasteiger partial charge is 0.251 e. The van der Waals surface area contributed by atoms with Crippen LogP contribution in [-0.2, 0) is 0 Å². The zero-order valence-corrected chi connectivity index (χ0v) is 7.30. The Morgan fingerprint density at radius 1 is 1.00 bits per heavy atom. The average molecular weight is 132 g/mol. The lowest BCUT2D eigenvalue weighted by Crippen LogP contribution is -2.11. The van der Waals surface area contributed by atoms with E-state index in [9.17, 15) is 0 Å². The topological polar surface area (TPSA) is 52.0 Å². The molecule has 0 fully saturated rings. The molecule has 0 aromatic carbocycles. The highest BCUT2D eigenvalue weighted by Gasteiger charge is 1.81. The number of hydrogen-bond acceptors (Lipinski definition) is 2. The van der Waals surface area contributed by atoms with Gasteiger partial charge in [0.1, 0.15) is 0 Å². The van der Waals surface area contributed by atoms with Gasteiger partial charge in [-0.3, -0.25) is 0 Å². The molecular weight excluding hydrogens is 115 g/mol. The van der Waals surface area contributed by atoms with E-state index in [-0.39, 0.29) is 14.1 Å². The summed E-state index contributed by atoms with van der Waals surface area (Å²) >= 11 is -0.139. The summed E-state index contributed by atoms with van der Waals surface area (Å²) in [7, 11) is 0. The van der Waals surface area contributed by atoms with Gasteiger partial charge in [0, 0.05) is 13.1 Å². The quantitative estimate of drug-likeness (QED) is 0.503. The molecule has 0 radical (unpaired) electrons. The monoisotopic (exact) mass is 132 g/mol. The SMILES string of the molecule is NCCN.[CH3][Al]([CH3])[CH3]. The van der Waals surface area contributed by atoms with Crippen LogP contribution in [0.5, 0.6) is 0 Å². The molecule has 0 atom stereocenters. The van der Waals surface area contributed by atoms with E-state index in [4.69, 9.17) is 11.5 Å². The third kappa shape index (κ3) is 90.9. The Morgan fingerprint density at radius 2 is 1.12 bits per heavy atom. The van der Waals surface area contributed by atoms with Gasteiger partial charge in [-0.25, -0.2) is 0 Å². The van der Waals surface area contributed by atoms with Gasteiger partial charge < -0.3 is 11.5 Å². The number of rotatable bonds is 1. The normalized spacial score (nSPS) is 7.12. The first-order valence-electron chi connectivity index (χ1n) is 3.05. The Hall–Kier alpha value is 0.452. The average Bonchev–Trinajstić information content (AvgIpc) is 1.65. The van der Waals surface area contributed by atoms with Gasteiger partial charge in [0.05, 0.1) is 0 Å². The molecule has 0 aliphatic carbocycles. The molecule has 0 aliphatic rings. The van der Waals surface area contributed by atoms with Crippen molar-refractivity contribution in [1.82, 2.24) is 0 Å². The van der Waals surface area contributed by atoms with Gasteiger partial charge in [-0.15, -0.1) is 17.4 Å². The van der Waals surface area contributed by atoms with Crippen LogP contribution in [0.15, 0.2) is 0 Å². The molecule has 0 aliphatic heterocycles. The van der Waals surface area contributed by atoms with Crippen LogP contribution >= 0.6 is 0 Å². The second-order valence-corrected chi connectivity index (χ2v) is 5.77. The van der Waals surface area contributed by atoms with E-state index in [0.717, 1.165) is 0 Å². The molecule has 0 heterocycles. The summed E-state index contributed by atoms with van der Waals surface area (Å²) in [5, 5.41) is 0. The molecule has 0 amide bonds. The standard InChI is InChI=1S/C2H8N2.3CH3.Al/c3-1-2-4;;;;/h1-4H2;3*1H3;. The van der Waals surface area contributed by atoms with Crippen LogP contribution in [0.1, 0.15) is 0 Å². The van der Waals surface area contributed by atoms with E-state index in [1.54, 1.807) is 0 Å². The molecular formula is C5H17AlN2. The minimum Gasteiger partial charge on any atom is -0.329 e. The van der Waals surface area contributed by atoms with Gasteiger partial charge in [0.2, 0.25) is 0 Å². The van der Waals surface area contributed by atoms with Crippen molar-refractivity contribution < 1.29 is 0 Å². The Balaban J connectivity index is 0. The Bertz CT molecular complexity index is 26.9. The third-order valence-corrected chi connectivity index (χ3v) is 0.167. The van der Waals surface area contributed by atoms with Crippen LogP contribution in [0.25, 0.3) is 0 Å². The van der Waals surface area contributed by atoms with Crippen molar-refractivity contribution in [2.45, 2.75) is 17.4 Å². The summed E-state index contributed by atoms with van der Waals surface area (Å²) < 4.78 is 0. The maximum atomic E-state index is 4.90. The van der Waals surface area contributed by atoms with E-state index in [0.29, 0.717) is 13.1 Å². The molecule has 0 unspecified atom stereocenters. The zero-order chi connectivity index (χ0) is 6.99. The van der Waals surface area contributed by atoms with Crippen LogP contribution in [-0.4, -0.2) is 27.2 Å². The third-order valence-electron chi connectivity index (χ3n) is 0.167. The van der Waals surface area contributed by atoms with E-state index in [1.807, 2.05) is 0 Å².